The zero-order chi connectivity index (χ0) is 12.0. The normalized spacial score (nSPS) is 14.6. The van der Waals surface area contributed by atoms with Gasteiger partial charge in [0.1, 0.15) is 0 Å². The summed E-state index contributed by atoms with van der Waals surface area (Å²) < 4.78 is 1.07. The molecule has 2 aromatic carbocycles. The number of rotatable bonds is 1. The van der Waals surface area contributed by atoms with Crippen molar-refractivity contribution in [1.82, 2.24) is 0 Å². The molecule has 0 amide bonds. The highest BCUT2D eigenvalue weighted by Crippen LogP contribution is 2.37. The maximum atomic E-state index is 8.96. The van der Waals surface area contributed by atoms with Crippen LogP contribution in [0.15, 0.2) is 33.9 Å². The highest BCUT2D eigenvalue weighted by molar-refractivity contribution is 9.10. The molecular formula is C14H12BrNO. The van der Waals surface area contributed by atoms with Gasteiger partial charge in [0.2, 0.25) is 0 Å². The first-order valence-corrected chi connectivity index (χ1v) is 6.43. The van der Waals surface area contributed by atoms with Crippen molar-refractivity contribution in [3.05, 3.63) is 45.4 Å². The fraction of sp³-hybridized carbons (Fsp3) is 0.214. The SMILES string of the molecule is C/C(=N\O)c1cc(Br)c2cccc3c2c1CC3. The van der Waals surface area contributed by atoms with Crippen LogP contribution >= 0.6 is 15.9 Å². The predicted molar refractivity (Wildman–Crippen MR) is 73.1 cm³/mol. The van der Waals surface area contributed by atoms with E-state index in [-0.39, 0.29) is 0 Å². The summed E-state index contributed by atoms with van der Waals surface area (Å²) in [5.41, 5.74) is 4.44. The van der Waals surface area contributed by atoms with E-state index < -0.39 is 0 Å². The van der Waals surface area contributed by atoms with E-state index in [1.807, 2.05) is 6.92 Å². The molecule has 0 saturated heterocycles. The van der Waals surface area contributed by atoms with Gasteiger partial charge in [-0.3, -0.25) is 0 Å². The first kappa shape index (κ1) is 10.8. The average molecular weight is 290 g/mol. The van der Waals surface area contributed by atoms with Gasteiger partial charge >= 0.3 is 0 Å². The van der Waals surface area contributed by atoms with Crippen LogP contribution in [0.2, 0.25) is 0 Å². The highest BCUT2D eigenvalue weighted by Gasteiger charge is 2.20. The van der Waals surface area contributed by atoms with Gasteiger partial charge in [-0.25, -0.2) is 0 Å². The molecule has 0 saturated carbocycles. The van der Waals surface area contributed by atoms with E-state index in [0.29, 0.717) is 5.71 Å². The smallest absolute Gasteiger partial charge is 0.0840 e. The first-order chi connectivity index (χ1) is 8.22. The van der Waals surface area contributed by atoms with Crippen LogP contribution in [0.1, 0.15) is 23.6 Å². The molecule has 0 aliphatic heterocycles. The molecule has 0 radical (unpaired) electrons. The zero-order valence-electron chi connectivity index (χ0n) is 9.50. The van der Waals surface area contributed by atoms with E-state index in [1.54, 1.807) is 0 Å². The van der Waals surface area contributed by atoms with Gasteiger partial charge in [-0.15, -0.1) is 0 Å². The highest BCUT2D eigenvalue weighted by atomic mass is 79.9. The lowest BCUT2D eigenvalue weighted by atomic mass is 9.98. The van der Waals surface area contributed by atoms with E-state index >= 15 is 0 Å². The number of hydrogen-bond donors (Lipinski definition) is 1. The Morgan fingerprint density at radius 1 is 1.35 bits per heavy atom. The van der Waals surface area contributed by atoms with Crippen LogP contribution < -0.4 is 0 Å². The fourth-order valence-electron chi connectivity index (χ4n) is 2.69. The summed E-state index contributed by atoms with van der Waals surface area (Å²) in [4.78, 5) is 0. The molecular weight excluding hydrogens is 278 g/mol. The molecule has 0 spiro atoms. The van der Waals surface area contributed by atoms with Crippen LogP contribution in [-0.2, 0) is 12.8 Å². The molecule has 2 aromatic rings. The second-order valence-corrected chi connectivity index (χ2v) is 5.26. The van der Waals surface area contributed by atoms with Gasteiger partial charge in [-0.05, 0) is 47.7 Å². The van der Waals surface area contributed by atoms with E-state index in [2.05, 4.69) is 45.4 Å². The first-order valence-electron chi connectivity index (χ1n) is 5.64. The van der Waals surface area contributed by atoms with Gasteiger partial charge in [0.05, 0.1) is 5.71 Å². The Labute approximate surface area is 108 Å². The summed E-state index contributed by atoms with van der Waals surface area (Å²) in [5.74, 6) is 0. The number of benzene rings is 2. The van der Waals surface area contributed by atoms with Crippen LogP contribution in [0.4, 0.5) is 0 Å². The van der Waals surface area contributed by atoms with Gasteiger partial charge in [0.15, 0.2) is 0 Å². The van der Waals surface area contributed by atoms with Crippen LogP contribution in [0.25, 0.3) is 10.8 Å². The molecule has 0 fully saturated rings. The van der Waals surface area contributed by atoms with Crippen LogP contribution in [0, 0.1) is 0 Å². The molecule has 2 nitrogen and oxygen atoms in total. The third kappa shape index (κ3) is 1.49. The lowest BCUT2D eigenvalue weighted by Crippen LogP contribution is -2.00. The Kier molecular flexibility index (Phi) is 2.44. The summed E-state index contributed by atoms with van der Waals surface area (Å²) in [6.07, 6.45) is 2.11. The second kappa shape index (κ2) is 3.84. The molecule has 17 heavy (non-hydrogen) atoms. The molecule has 1 aliphatic carbocycles. The topological polar surface area (TPSA) is 32.6 Å². The lowest BCUT2D eigenvalue weighted by Gasteiger charge is -2.10. The standard InChI is InChI=1S/C14H12BrNO/c1-8(16-17)12-7-13(15)11-4-2-3-9-5-6-10(12)14(9)11/h2-4,7,17H,5-6H2,1H3/b16-8+. The van der Waals surface area contributed by atoms with Crippen LogP contribution in [0.3, 0.4) is 0 Å². The Morgan fingerprint density at radius 3 is 2.94 bits per heavy atom. The van der Waals surface area contributed by atoms with Crippen molar-refractivity contribution in [3.63, 3.8) is 0 Å². The van der Waals surface area contributed by atoms with E-state index in [1.165, 1.54) is 21.9 Å². The predicted octanol–water partition coefficient (Wildman–Crippen LogP) is 3.90. The van der Waals surface area contributed by atoms with Gasteiger partial charge in [0, 0.05) is 10.0 Å². The van der Waals surface area contributed by atoms with Crippen molar-refractivity contribution in [2.75, 3.05) is 0 Å². The van der Waals surface area contributed by atoms with Crippen LogP contribution in [0.5, 0.6) is 0 Å². The Bertz CT molecular complexity index is 646. The summed E-state index contributed by atoms with van der Waals surface area (Å²) >= 11 is 3.60. The van der Waals surface area contributed by atoms with Crippen LogP contribution in [-0.4, -0.2) is 10.9 Å². The molecule has 0 heterocycles. The number of aryl methyl sites for hydroxylation is 2. The molecule has 86 valence electrons. The quantitative estimate of drug-likeness (QED) is 0.482. The summed E-state index contributed by atoms with van der Waals surface area (Å²) in [5, 5.41) is 14.9. The monoisotopic (exact) mass is 289 g/mol. The molecule has 1 aliphatic rings. The summed E-state index contributed by atoms with van der Waals surface area (Å²) in [6.45, 7) is 1.84. The fourth-order valence-corrected chi connectivity index (χ4v) is 3.25. The van der Waals surface area contributed by atoms with Crippen molar-refractivity contribution in [3.8, 4) is 0 Å². The summed E-state index contributed by atoms with van der Waals surface area (Å²) in [7, 11) is 0. The summed E-state index contributed by atoms with van der Waals surface area (Å²) in [6, 6.07) is 8.47. The van der Waals surface area contributed by atoms with Gasteiger partial charge in [0.25, 0.3) is 0 Å². The number of hydrogen-bond acceptors (Lipinski definition) is 2. The van der Waals surface area contributed by atoms with E-state index in [9.17, 15) is 0 Å². The van der Waals surface area contributed by atoms with Crippen molar-refractivity contribution in [1.29, 1.82) is 0 Å². The second-order valence-electron chi connectivity index (χ2n) is 4.41. The molecule has 0 unspecified atom stereocenters. The minimum absolute atomic E-state index is 0.680. The van der Waals surface area contributed by atoms with Crippen molar-refractivity contribution in [2.24, 2.45) is 5.16 Å². The van der Waals surface area contributed by atoms with Gasteiger partial charge in [-0.2, -0.15) is 0 Å². The van der Waals surface area contributed by atoms with Crippen molar-refractivity contribution in [2.45, 2.75) is 19.8 Å². The molecule has 0 atom stereocenters. The Hall–Kier alpha value is -1.35. The largest absolute Gasteiger partial charge is 0.411 e. The minimum Gasteiger partial charge on any atom is -0.411 e. The lowest BCUT2D eigenvalue weighted by molar-refractivity contribution is 0.319. The zero-order valence-corrected chi connectivity index (χ0v) is 11.1. The number of oxime groups is 1. The van der Waals surface area contributed by atoms with Gasteiger partial charge < -0.3 is 5.21 Å². The molecule has 1 N–H and O–H groups in total. The van der Waals surface area contributed by atoms with E-state index in [0.717, 1.165) is 22.9 Å². The number of nitrogens with zero attached hydrogens (tertiary/aromatic N) is 1. The third-order valence-electron chi connectivity index (χ3n) is 3.49. The Balaban J connectivity index is 2.45. The Morgan fingerprint density at radius 2 is 2.18 bits per heavy atom. The maximum absolute atomic E-state index is 8.96. The van der Waals surface area contributed by atoms with Crippen molar-refractivity contribution < 1.29 is 5.21 Å². The minimum atomic E-state index is 0.680. The van der Waals surface area contributed by atoms with E-state index in [4.69, 9.17) is 5.21 Å². The molecule has 0 aromatic heterocycles. The van der Waals surface area contributed by atoms with Gasteiger partial charge in [-0.1, -0.05) is 39.3 Å². The third-order valence-corrected chi connectivity index (χ3v) is 4.15. The van der Waals surface area contributed by atoms with Crippen molar-refractivity contribution >= 4 is 32.4 Å². The molecule has 3 heteroatoms. The molecule has 0 bridgehead atoms. The average Bonchev–Trinajstić information content (AvgIpc) is 2.78. The number of halogens is 1. The molecule has 3 rings (SSSR count). The maximum Gasteiger partial charge on any atom is 0.0840 e.